The first-order chi connectivity index (χ1) is 7.51. The molecule has 1 aromatic rings. The number of nitriles is 1. The van der Waals surface area contributed by atoms with Gasteiger partial charge in [-0.3, -0.25) is 4.79 Å². The van der Waals surface area contributed by atoms with E-state index in [4.69, 9.17) is 5.26 Å². The van der Waals surface area contributed by atoms with Crippen LogP contribution in [0.15, 0.2) is 10.9 Å². The molecular formula is C9H6F2N2O3. The van der Waals surface area contributed by atoms with E-state index >= 15 is 0 Å². The number of alkyl halides is 2. The summed E-state index contributed by atoms with van der Waals surface area (Å²) in [5.41, 5.74) is -2.79. The molecule has 0 bridgehead atoms. The molecule has 7 heteroatoms. The highest BCUT2D eigenvalue weighted by atomic mass is 19.3. The average molecular weight is 228 g/mol. The van der Waals surface area contributed by atoms with Gasteiger partial charge in [0.25, 0.3) is 12.0 Å². The van der Waals surface area contributed by atoms with Crippen LogP contribution in [0.3, 0.4) is 0 Å². The number of esters is 1. The van der Waals surface area contributed by atoms with E-state index in [1.54, 1.807) is 0 Å². The third-order valence-corrected chi connectivity index (χ3v) is 1.81. The van der Waals surface area contributed by atoms with Gasteiger partial charge in [-0.15, -0.1) is 0 Å². The van der Waals surface area contributed by atoms with Crippen molar-refractivity contribution in [3.8, 4) is 6.07 Å². The van der Waals surface area contributed by atoms with Crippen molar-refractivity contribution in [2.45, 2.75) is 6.43 Å². The number of H-pyrrole nitrogens is 1. The molecule has 0 unspecified atom stereocenters. The number of hydrogen-bond acceptors (Lipinski definition) is 4. The summed E-state index contributed by atoms with van der Waals surface area (Å²) in [5, 5.41) is 8.61. The Bertz CT molecular complexity index is 516. The summed E-state index contributed by atoms with van der Waals surface area (Å²) in [6, 6.07) is 2.19. The predicted octanol–water partition coefficient (Wildman–Crippen LogP) is 0.971. The second kappa shape index (κ2) is 4.53. The van der Waals surface area contributed by atoms with E-state index in [0.717, 1.165) is 13.2 Å². The Morgan fingerprint density at radius 3 is 2.69 bits per heavy atom. The van der Waals surface area contributed by atoms with Crippen molar-refractivity contribution in [2.75, 3.05) is 7.11 Å². The fraction of sp³-hybridized carbons (Fsp3) is 0.222. The molecule has 0 saturated heterocycles. The Labute approximate surface area is 88.3 Å². The number of nitrogens with zero attached hydrogens (tertiary/aromatic N) is 1. The van der Waals surface area contributed by atoms with E-state index in [1.807, 2.05) is 4.98 Å². The number of methoxy groups -OCH3 is 1. The first-order valence-electron chi connectivity index (χ1n) is 4.05. The Kier molecular flexibility index (Phi) is 3.35. The maximum absolute atomic E-state index is 12.3. The minimum Gasteiger partial charge on any atom is -0.465 e. The summed E-state index contributed by atoms with van der Waals surface area (Å²) in [6.45, 7) is 0. The van der Waals surface area contributed by atoms with Crippen molar-refractivity contribution in [3.05, 3.63) is 33.2 Å². The normalized spacial score (nSPS) is 9.94. The molecule has 1 aromatic heterocycles. The molecule has 1 N–H and O–H groups in total. The number of pyridine rings is 1. The van der Waals surface area contributed by atoms with E-state index in [2.05, 4.69) is 4.74 Å². The summed E-state index contributed by atoms with van der Waals surface area (Å²) < 4.78 is 28.9. The average Bonchev–Trinajstić information content (AvgIpc) is 2.26. The van der Waals surface area contributed by atoms with E-state index in [1.165, 1.54) is 6.07 Å². The van der Waals surface area contributed by atoms with Crippen LogP contribution in [0.5, 0.6) is 0 Å². The highest BCUT2D eigenvalue weighted by molar-refractivity contribution is 5.92. The van der Waals surface area contributed by atoms with Crippen LogP contribution >= 0.6 is 0 Å². The standard InChI is InChI=1S/C9H6F2N2O3/c1-16-9(15)4-2-6(7(10)11)13-8(14)5(4)3-12/h2,7H,1H3,(H,13,14). The molecule has 5 nitrogen and oxygen atoms in total. The van der Waals surface area contributed by atoms with Crippen LogP contribution in [-0.2, 0) is 4.74 Å². The van der Waals surface area contributed by atoms with Gasteiger partial charge in [0.15, 0.2) is 0 Å². The number of rotatable bonds is 2. The SMILES string of the molecule is COC(=O)c1cc(C(F)F)[nH]c(=O)c1C#N. The number of aromatic amines is 1. The van der Waals surface area contributed by atoms with Crippen LogP contribution in [-0.4, -0.2) is 18.1 Å². The van der Waals surface area contributed by atoms with Gasteiger partial charge in [0.2, 0.25) is 0 Å². The molecule has 0 aliphatic heterocycles. The lowest BCUT2D eigenvalue weighted by atomic mass is 10.1. The smallest absolute Gasteiger partial charge is 0.339 e. The van der Waals surface area contributed by atoms with Gasteiger partial charge in [0.05, 0.1) is 18.4 Å². The van der Waals surface area contributed by atoms with Crippen LogP contribution in [0, 0.1) is 11.3 Å². The van der Waals surface area contributed by atoms with Crippen LogP contribution in [0.4, 0.5) is 8.78 Å². The predicted molar refractivity (Wildman–Crippen MR) is 48.1 cm³/mol. The van der Waals surface area contributed by atoms with Gasteiger partial charge in [-0.1, -0.05) is 0 Å². The second-order valence-electron chi connectivity index (χ2n) is 2.75. The number of aromatic nitrogens is 1. The maximum Gasteiger partial charge on any atom is 0.339 e. The zero-order valence-corrected chi connectivity index (χ0v) is 8.08. The van der Waals surface area contributed by atoms with Gasteiger partial charge in [-0.2, -0.15) is 5.26 Å². The summed E-state index contributed by atoms with van der Waals surface area (Å²) in [4.78, 5) is 24.2. The van der Waals surface area contributed by atoms with E-state index in [0.29, 0.717) is 0 Å². The highest BCUT2D eigenvalue weighted by Gasteiger charge is 2.19. The number of halogens is 2. The minimum atomic E-state index is -2.94. The van der Waals surface area contributed by atoms with Crippen molar-refractivity contribution < 1.29 is 18.3 Å². The maximum atomic E-state index is 12.3. The van der Waals surface area contributed by atoms with Crippen LogP contribution in [0.25, 0.3) is 0 Å². The van der Waals surface area contributed by atoms with Crippen molar-refractivity contribution in [1.82, 2.24) is 4.98 Å². The van der Waals surface area contributed by atoms with Crippen LogP contribution in [0.1, 0.15) is 28.0 Å². The zero-order valence-electron chi connectivity index (χ0n) is 8.08. The van der Waals surface area contributed by atoms with E-state index < -0.39 is 34.8 Å². The molecule has 0 amide bonds. The number of carbonyl (C=O) groups excluding carboxylic acids is 1. The third kappa shape index (κ3) is 2.06. The molecule has 0 fully saturated rings. The monoisotopic (exact) mass is 228 g/mol. The first-order valence-corrected chi connectivity index (χ1v) is 4.05. The van der Waals surface area contributed by atoms with Crippen molar-refractivity contribution >= 4 is 5.97 Å². The number of ether oxygens (including phenoxy) is 1. The minimum absolute atomic E-state index is 0.468. The zero-order chi connectivity index (χ0) is 12.3. The van der Waals surface area contributed by atoms with Crippen molar-refractivity contribution in [1.29, 1.82) is 5.26 Å². The first kappa shape index (κ1) is 11.8. The molecule has 0 aliphatic carbocycles. The lowest BCUT2D eigenvalue weighted by Gasteiger charge is -2.04. The van der Waals surface area contributed by atoms with E-state index in [9.17, 15) is 18.4 Å². The van der Waals surface area contributed by atoms with Gasteiger partial charge in [0.1, 0.15) is 11.6 Å². The molecule has 0 aliphatic rings. The summed E-state index contributed by atoms with van der Waals surface area (Å²) in [7, 11) is 1.02. The Morgan fingerprint density at radius 1 is 1.62 bits per heavy atom. The van der Waals surface area contributed by atoms with Gasteiger partial charge in [-0.05, 0) is 6.07 Å². The Balaban J connectivity index is 3.51. The molecular weight excluding hydrogens is 222 g/mol. The summed E-state index contributed by atoms with van der Waals surface area (Å²) in [6.07, 6.45) is -2.94. The van der Waals surface area contributed by atoms with E-state index in [-0.39, 0.29) is 0 Å². The topological polar surface area (TPSA) is 83.0 Å². The van der Waals surface area contributed by atoms with Gasteiger partial charge in [-0.25, -0.2) is 13.6 Å². The lowest BCUT2D eigenvalue weighted by molar-refractivity contribution is 0.0599. The molecule has 1 rings (SSSR count). The highest BCUT2D eigenvalue weighted by Crippen LogP contribution is 2.17. The van der Waals surface area contributed by atoms with Crippen LogP contribution in [0.2, 0.25) is 0 Å². The van der Waals surface area contributed by atoms with Gasteiger partial charge in [0, 0.05) is 0 Å². The Hall–Kier alpha value is -2.23. The molecule has 0 saturated carbocycles. The fourth-order valence-corrected chi connectivity index (χ4v) is 1.08. The molecule has 84 valence electrons. The number of carbonyl (C=O) groups is 1. The largest absolute Gasteiger partial charge is 0.465 e. The molecule has 1 heterocycles. The Morgan fingerprint density at radius 2 is 2.25 bits per heavy atom. The quantitative estimate of drug-likeness (QED) is 0.764. The lowest BCUT2D eigenvalue weighted by Crippen LogP contribution is -2.19. The van der Waals surface area contributed by atoms with Gasteiger partial charge >= 0.3 is 5.97 Å². The number of hydrogen-bond donors (Lipinski definition) is 1. The molecule has 0 aromatic carbocycles. The molecule has 0 spiro atoms. The summed E-state index contributed by atoms with van der Waals surface area (Å²) >= 11 is 0. The number of nitrogens with one attached hydrogen (secondary N) is 1. The van der Waals surface area contributed by atoms with Crippen LogP contribution < -0.4 is 5.56 Å². The molecule has 0 radical (unpaired) electrons. The van der Waals surface area contributed by atoms with Crippen molar-refractivity contribution in [2.24, 2.45) is 0 Å². The third-order valence-electron chi connectivity index (χ3n) is 1.81. The van der Waals surface area contributed by atoms with Crippen molar-refractivity contribution in [3.63, 3.8) is 0 Å². The molecule has 16 heavy (non-hydrogen) atoms. The van der Waals surface area contributed by atoms with Gasteiger partial charge < -0.3 is 9.72 Å². The second-order valence-corrected chi connectivity index (χ2v) is 2.75. The fourth-order valence-electron chi connectivity index (χ4n) is 1.08. The molecule has 0 atom stereocenters. The summed E-state index contributed by atoms with van der Waals surface area (Å²) in [5.74, 6) is -1.01.